The molecule has 1 aliphatic rings. The van der Waals surface area contributed by atoms with Gasteiger partial charge in [-0.15, -0.1) is 0 Å². The summed E-state index contributed by atoms with van der Waals surface area (Å²) >= 11 is 0. The van der Waals surface area contributed by atoms with Crippen molar-refractivity contribution in [3.63, 3.8) is 0 Å². The van der Waals surface area contributed by atoms with Gasteiger partial charge in [-0.05, 0) is 44.9 Å². The Morgan fingerprint density at radius 3 is 2.76 bits per heavy atom. The molecule has 0 aromatic carbocycles. The Balaban J connectivity index is 2.21. The third-order valence-electron chi connectivity index (χ3n) is 3.38. The van der Waals surface area contributed by atoms with Crippen LogP contribution in [0, 0.1) is 0 Å². The minimum Gasteiger partial charge on any atom is -0.327 e. The molecule has 100 valence electrons. The minimum absolute atomic E-state index is 0.131. The van der Waals surface area contributed by atoms with E-state index in [-0.39, 0.29) is 17.5 Å². The van der Waals surface area contributed by atoms with Gasteiger partial charge >= 0.3 is 0 Å². The van der Waals surface area contributed by atoms with Crippen molar-refractivity contribution in [2.45, 2.75) is 57.9 Å². The molecule has 0 spiro atoms. The average Bonchev–Trinajstić information content (AvgIpc) is 2.30. The van der Waals surface area contributed by atoms with Gasteiger partial charge in [-0.2, -0.15) is 0 Å². The van der Waals surface area contributed by atoms with Crippen LogP contribution < -0.4 is 5.73 Å². The van der Waals surface area contributed by atoms with Gasteiger partial charge in [-0.3, -0.25) is 0 Å². The third-order valence-corrected chi connectivity index (χ3v) is 5.17. The molecule has 0 aliphatic heterocycles. The highest BCUT2D eigenvalue weighted by atomic mass is 32.2. The zero-order valence-corrected chi connectivity index (χ0v) is 11.6. The zero-order chi connectivity index (χ0) is 12.7. The van der Waals surface area contributed by atoms with Crippen LogP contribution in [0.2, 0.25) is 0 Å². The van der Waals surface area contributed by atoms with Crippen molar-refractivity contribution in [1.82, 2.24) is 0 Å². The average molecular weight is 259 g/mol. The van der Waals surface area contributed by atoms with Crippen molar-refractivity contribution in [2.75, 3.05) is 11.5 Å². The molecule has 0 saturated carbocycles. The monoisotopic (exact) mass is 259 g/mol. The summed E-state index contributed by atoms with van der Waals surface area (Å²) in [4.78, 5) is 0. The molecule has 0 saturated heterocycles. The molecule has 1 unspecified atom stereocenters. The molecule has 0 amide bonds. The molecule has 0 aromatic heterocycles. The van der Waals surface area contributed by atoms with Gasteiger partial charge in [-0.1, -0.05) is 18.6 Å². The summed E-state index contributed by atoms with van der Waals surface area (Å²) in [6, 6.07) is 0.131. The summed E-state index contributed by atoms with van der Waals surface area (Å²) in [5, 5.41) is 0. The highest BCUT2D eigenvalue weighted by Gasteiger charge is 2.11. The molecule has 2 N–H and O–H groups in total. The van der Waals surface area contributed by atoms with Crippen molar-refractivity contribution in [3.05, 3.63) is 11.6 Å². The molecule has 0 radical (unpaired) electrons. The highest BCUT2D eigenvalue weighted by molar-refractivity contribution is 7.91. The second-order valence-corrected chi connectivity index (χ2v) is 7.42. The summed E-state index contributed by atoms with van der Waals surface area (Å²) in [5.41, 5.74) is 7.51. The Morgan fingerprint density at radius 1 is 1.41 bits per heavy atom. The van der Waals surface area contributed by atoms with Crippen molar-refractivity contribution in [3.8, 4) is 0 Å². The lowest BCUT2D eigenvalue weighted by Gasteiger charge is -2.17. The lowest BCUT2D eigenvalue weighted by Crippen LogP contribution is -2.22. The standard InChI is InChI=1S/C13H25NO2S/c1-2-17(15,16)10-6-9-13(14)11-12-7-4-3-5-8-12/h7,13H,2-6,8-11,14H2,1H3. The summed E-state index contributed by atoms with van der Waals surface area (Å²) in [6.45, 7) is 1.70. The summed E-state index contributed by atoms with van der Waals surface area (Å²) in [6.07, 6.45) is 9.73. The molecule has 1 aliphatic carbocycles. The van der Waals surface area contributed by atoms with E-state index in [2.05, 4.69) is 6.08 Å². The van der Waals surface area contributed by atoms with E-state index in [1.54, 1.807) is 6.92 Å². The first-order valence-corrected chi connectivity index (χ1v) is 8.49. The molecular weight excluding hydrogens is 234 g/mol. The van der Waals surface area contributed by atoms with Crippen LogP contribution >= 0.6 is 0 Å². The van der Waals surface area contributed by atoms with Gasteiger partial charge in [0.2, 0.25) is 0 Å². The van der Waals surface area contributed by atoms with E-state index >= 15 is 0 Å². The topological polar surface area (TPSA) is 60.2 Å². The fourth-order valence-electron chi connectivity index (χ4n) is 2.24. The molecule has 0 fully saturated rings. The minimum atomic E-state index is -2.82. The van der Waals surface area contributed by atoms with Gasteiger partial charge in [0.25, 0.3) is 0 Å². The normalized spacial score (nSPS) is 18.8. The van der Waals surface area contributed by atoms with Gasteiger partial charge in [0, 0.05) is 11.8 Å². The molecule has 0 heterocycles. The lowest BCUT2D eigenvalue weighted by molar-refractivity contribution is 0.558. The predicted octanol–water partition coefficient (Wildman–Crippen LogP) is 2.42. The van der Waals surface area contributed by atoms with Crippen molar-refractivity contribution in [2.24, 2.45) is 5.73 Å². The number of hydrogen-bond donors (Lipinski definition) is 1. The zero-order valence-electron chi connectivity index (χ0n) is 10.8. The van der Waals surface area contributed by atoms with Crippen LogP contribution in [0.25, 0.3) is 0 Å². The summed E-state index contributed by atoms with van der Waals surface area (Å²) in [5.74, 6) is 0.531. The first-order valence-electron chi connectivity index (χ1n) is 6.67. The SMILES string of the molecule is CCS(=O)(=O)CCCC(N)CC1=CCCCC1. The van der Waals surface area contributed by atoms with Gasteiger partial charge in [0.05, 0.1) is 5.75 Å². The number of allylic oxidation sites excluding steroid dienone is 1. The quantitative estimate of drug-likeness (QED) is 0.714. The molecule has 3 nitrogen and oxygen atoms in total. The Bertz CT molecular complexity index is 346. The van der Waals surface area contributed by atoms with Gasteiger partial charge < -0.3 is 5.73 Å². The largest absolute Gasteiger partial charge is 0.327 e. The number of nitrogens with two attached hydrogens (primary N) is 1. The van der Waals surface area contributed by atoms with E-state index in [0.29, 0.717) is 6.42 Å². The first kappa shape index (κ1) is 14.7. The van der Waals surface area contributed by atoms with Crippen LogP contribution in [0.15, 0.2) is 11.6 Å². The molecule has 4 heteroatoms. The molecule has 1 rings (SSSR count). The predicted molar refractivity (Wildman–Crippen MR) is 72.7 cm³/mol. The van der Waals surface area contributed by atoms with Gasteiger partial charge in [-0.25, -0.2) is 8.42 Å². The summed E-state index contributed by atoms with van der Waals surface area (Å²) < 4.78 is 22.6. The molecule has 0 bridgehead atoms. The van der Waals surface area contributed by atoms with E-state index in [0.717, 1.165) is 12.8 Å². The maximum Gasteiger partial charge on any atom is 0.150 e. The van der Waals surface area contributed by atoms with Crippen LogP contribution in [0.1, 0.15) is 51.9 Å². The smallest absolute Gasteiger partial charge is 0.150 e. The maximum absolute atomic E-state index is 11.3. The summed E-state index contributed by atoms with van der Waals surface area (Å²) in [7, 11) is -2.82. The second-order valence-electron chi connectivity index (χ2n) is 4.95. The van der Waals surface area contributed by atoms with Crippen LogP contribution in [0.4, 0.5) is 0 Å². The molecular formula is C13H25NO2S. The maximum atomic E-state index is 11.3. The Morgan fingerprint density at radius 2 is 2.18 bits per heavy atom. The van der Waals surface area contributed by atoms with Crippen LogP contribution in [0.5, 0.6) is 0 Å². The molecule has 0 aromatic rings. The van der Waals surface area contributed by atoms with Crippen molar-refractivity contribution < 1.29 is 8.42 Å². The fraction of sp³-hybridized carbons (Fsp3) is 0.846. The van der Waals surface area contributed by atoms with Gasteiger partial charge in [0.1, 0.15) is 9.84 Å². The van der Waals surface area contributed by atoms with E-state index in [1.807, 2.05) is 0 Å². The first-order chi connectivity index (χ1) is 8.03. The van der Waals surface area contributed by atoms with Gasteiger partial charge in [0.15, 0.2) is 0 Å². The van der Waals surface area contributed by atoms with E-state index in [9.17, 15) is 8.42 Å². The second kappa shape index (κ2) is 7.17. The van der Waals surface area contributed by atoms with E-state index in [4.69, 9.17) is 5.73 Å². The van der Waals surface area contributed by atoms with Crippen LogP contribution in [-0.2, 0) is 9.84 Å². The lowest BCUT2D eigenvalue weighted by atomic mass is 9.93. The Hall–Kier alpha value is -0.350. The Labute approximate surface area is 105 Å². The number of sulfone groups is 1. The van der Waals surface area contributed by atoms with Crippen LogP contribution in [-0.4, -0.2) is 26.0 Å². The number of hydrogen-bond acceptors (Lipinski definition) is 3. The molecule has 17 heavy (non-hydrogen) atoms. The highest BCUT2D eigenvalue weighted by Crippen LogP contribution is 2.21. The van der Waals surface area contributed by atoms with E-state index in [1.165, 1.54) is 31.3 Å². The van der Waals surface area contributed by atoms with Crippen molar-refractivity contribution in [1.29, 1.82) is 0 Å². The number of rotatable bonds is 7. The van der Waals surface area contributed by atoms with E-state index < -0.39 is 9.84 Å². The third kappa shape index (κ3) is 6.22. The Kier molecular flexibility index (Phi) is 6.20. The van der Waals surface area contributed by atoms with Crippen molar-refractivity contribution >= 4 is 9.84 Å². The van der Waals surface area contributed by atoms with Crippen LogP contribution in [0.3, 0.4) is 0 Å². The molecule has 1 atom stereocenters. The fourth-order valence-corrected chi connectivity index (χ4v) is 3.13.